The molecule has 2 aromatic rings. The second-order valence-electron chi connectivity index (χ2n) is 8.26. The maximum absolute atomic E-state index is 13.0. The van der Waals surface area contributed by atoms with Crippen LogP contribution in [0.1, 0.15) is 37.1 Å². The standard InChI is InChI=1S/C20H29N3O2S2/c1-13(2)10-23-8-9-25-14(11-23)12-26-20-21-18-17(19(24)22(20)3)15-6-4-5-7-16(15)27-18/h13-14H,4-12H2,1-3H3/p+1/t14-/m1/s1. The molecule has 3 heterocycles. The summed E-state index contributed by atoms with van der Waals surface area (Å²) < 4.78 is 7.73. The van der Waals surface area contributed by atoms with Gasteiger partial charge in [-0.2, -0.15) is 0 Å². The molecule has 5 nitrogen and oxygen atoms in total. The number of nitrogens with one attached hydrogen (secondary N) is 1. The number of nitrogens with zero attached hydrogens (tertiary/aromatic N) is 2. The number of hydrogen-bond acceptors (Lipinski definition) is 5. The van der Waals surface area contributed by atoms with Crippen LogP contribution in [0, 0.1) is 5.92 Å². The second kappa shape index (κ2) is 8.23. The minimum Gasteiger partial charge on any atom is -0.366 e. The predicted molar refractivity (Wildman–Crippen MR) is 112 cm³/mol. The molecule has 1 aliphatic heterocycles. The van der Waals surface area contributed by atoms with E-state index in [2.05, 4.69) is 13.8 Å². The first kappa shape index (κ1) is 19.4. The van der Waals surface area contributed by atoms with Crippen LogP contribution in [0.5, 0.6) is 0 Å². The maximum Gasteiger partial charge on any atom is 0.262 e. The van der Waals surface area contributed by atoms with E-state index in [4.69, 9.17) is 9.72 Å². The molecule has 1 aliphatic carbocycles. The molecule has 2 aliphatic rings. The molecule has 0 amide bonds. The molecule has 1 fully saturated rings. The van der Waals surface area contributed by atoms with Crippen molar-refractivity contribution in [2.45, 2.75) is 50.8 Å². The average Bonchev–Trinajstić information content (AvgIpc) is 3.01. The summed E-state index contributed by atoms with van der Waals surface area (Å²) in [5.74, 6) is 1.57. The van der Waals surface area contributed by atoms with Gasteiger partial charge in [0.25, 0.3) is 5.56 Å². The summed E-state index contributed by atoms with van der Waals surface area (Å²) in [4.78, 5) is 21.8. The predicted octanol–water partition coefficient (Wildman–Crippen LogP) is 1.91. The van der Waals surface area contributed by atoms with Crippen LogP contribution in [0.3, 0.4) is 0 Å². The fourth-order valence-electron chi connectivity index (χ4n) is 4.29. The Labute approximate surface area is 169 Å². The van der Waals surface area contributed by atoms with Crippen LogP contribution in [0.15, 0.2) is 9.95 Å². The highest BCUT2D eigenvalue weighted by Crippen LogP contribution is 2.34. The first-order valence-electron chi connectivity index (χ1n) is 10.1. The van der Waals surface area contributed by atoms with Crippen molar-refractivity contribution >= 4 is 33.3 Å². The Morgan fingerprint density at radius 3 is 3.00 bits per heavy atom. The lowest BCUT2D eigenvalue weighted by atomic mass is 9.97. The number of hydrogen-bond donors (Lipinski definition) is 1. The van der Waals surface area contributed by atoms with E-state index in [1.807, 2.05) is 7.05 Å². The van der Waals surface area contributed by atoms with E-state index in [9.17, 15) is 4.79 Å². The molecule has 1 unspecified atom stereocenters. The molecule has 0 bridgehead atoms. The van der Waals surface area contributed by atoms with E-state index < -0.39 is 0 Å². The molecule has 2 aromatic heterocycles. The SMILES string of the molecule is CC(C)C[NH+]1CCO[C@@H](CSc2nc3sc4c(c3c(=O)n2C)CCCC4)C1. The van der Waals surface area contributed by atoms with Gasteiger partial charge in [-0.25, -0.2) is 4.98 Å². The second-order valence-corrected chi connectivity index (χ2v) is 10.3. The number of quaternary nitrogens is 1. The largest absolute Gasteiger partial charge is 0.366 e. The number of thiophene rings is 1. The zero-order chi connectivity index (χ0) is 19.0. The summed E-state index contributed by atoms with van der Waals surface area (Å²) >= 11 is 3.40. The monoisotopic (exact) mass is 408 g/mol. The minimum atomic E-state index is 0.124. The van der Waals surface area contributed by atoms with E-state index in [1.165, 1.54) is 29.8 Å². The molecule has 148 valence electrons. The summed E-state index contributed by atoms with van der Waals surface area (Å²) in [6.07, 6.45) is 4.79. The molecule has 2 atom stereocenters. The van der Waals surface area contributed by atoms with Gasteiger partial charge in [0.15, 0.2) is 5.16 Å². The highest BCUT2D eigenvalue weighted by atomic mass is 32.2. The topological polar surface area (TPSA) is 48.6 Å². The number of ether oxygens (including phenoxy) is 1. The van der Waals surface area contributed by atoms with Crippen LogP contribution in [-0.4, -0.2) is 47.6 Å². The zero-order valence-corrected chi connectivity index (χ0v) is 18.2. The molecule has 4 rings (SSSR count). The third kappa shape index (κ3) is 4.11. The number of rotatable bonds is 5. The van der Waals surface area contributed by atoms with Gasteiger partial charge in [0.2, 0.25) is 0 Å². The first-order valence-corrected chi connectivity index (χ1v) is 11.9. The Bertz CT molecular complexity index is 874. The van der Waals surface area contributed by atoms with Crippen LogP contribution >= 0.6 is 23.1 Å². The quantitative estimate of drug-likeness (QED) is 0.607. The normalized spacial score (nSPS) is 23.1. The van der Waals surface area contributed by atoms with Crippen molar-refractivity contribution in [3.05, 3.63) is 20.8 Å². The van der Waals surface area contributed by atoms with Gasteiger partial charge in [-0.15, -0.1) is 11.3 Å². The van der Waals surface area contributed by atoms with Crippen molar-refractivity contribution in [3.63, 3.8) is 0 Å². The molecule has 0 saturated carbocycles. The molecule has 1 saturated heterocycles. The Morgan fingerprint density at radius 1 is 1.37 bits per heavy atom. The Kier molecular flexibility index (Phi) is 5.92. The van der Waals surface area contributed by atoms with Gasteiger partial charge in [-0.1, -0.05) is 25.6 Å². The van der Waals surface area contributed by atoms with Crippen LogP contribution in [0.2, 0.25) is 0 Å². The van der Waals surface area contributed by atoms with Gasteiger partial charge in [0.1, 0.15) is 24.0 Å². The minimum absolute atomic E-state index is 0.124. The zero-order valence-electron chi connectivity index (χ0n) is 16.5. The van der Waals surface area contributed by atoms with Crippen LogP contribution in [0.25, 0.3) is 10.2 Å². The van der Waals surface area contributed by atoms with Crippen LogP contribution in [0.4, 0.5) is 0 Å². The number of thioether (sulfide) groups is 1. The molecule has 0 radical (unpaired) electrons. The summed E-state index contributed by atoms with van der Waals surface area (Å²) in [7, 11) is 1.86. The Morgan fingerprint density at radius 2 is 2.19 bits per heavy atom. The van der Waals surface area contributed by atoms with Gasteiger partial charge in [-0.3, -0.25) is 9.36 Å². The van der Waals surface area contributed by atoms with Gasteiger partial charge < -0.3 is 9.64 Å². The van der Waals surface area contributed by atoms with E-state index >= 15 is 0 Å². The highest BCUT2D eigenvalue weighted by molar-refractivity contribution is 7.99. The van der Waals surface area contributed by atoms with Crippen molar-refractivity contribution < 1.29 is 9.64 Å². The summed E-state index contributed by atoms with van der Waals surface area (Å²) in [5, 5.41) is 1.70. The Hall–Kier alpha value is -0.890. The van der Waals surface area contributed by atoms with Gasteiger partial charge in [-0.05, 0) is 31.2 Å². The van der Waals surface area contributed by atoms with E-state index in [0.717, 1.165) is 53.7 Å². The van der Waals surface area contributed by atoms with Crippen molar-refractivity contribution in [2.24, 2.45) is 13.0 Å². The lowest BCUT2D eigenvalue weighted by molar-refractivity contribution is -0.914. The van der Waals surface area contributed by atoms with Crippen molar-refractivity contribution in [3.8, 4) is 0 Å². The Balaban J connectivity index is 1.51. The summed E-state index contributed by atoms with van der Waals surface area (Å²) in [6.45, 7) is 8.74. The molecule has 27 heavy (non-hydrogen) atoms. The molecular weight excluding hydrogens is 378 g/mol. The molecule has 0 spiro atoms. The van der Waals surface area contributed by atoms with Crippen molar-refractivity contribution in [1.29, 1.82) is 0 Å². The van der Waals surface area contributed by atoms with E-state index in [1.54, 1.807) is 32.6 Å². The van der Waals surface area contributed by atoms with E-state index in [0.29, 0.717) is 5.92 Å². The van der Waals surface area contributed by atoms with E-state index in [-0.39, 0.29) is 11.7 Å². The molecule has 0 aromatic carbocycles. The number of morpholine rings is 1. The van der Waals surface area contributed by atoms with Gasteiger partial charge in [0.05, 0.1) is 18.5 Å². The van der Waals surface area contributed by atoms with Gasteiger partial charge >= 0.3 is 0 Å². The fourth-order valence-corrected chi connectivity index (χ4v) is 6.58. The molecule has 7 heteroatoms. The lowest BCUT2D eigenvalue weighted by Crippen LogP contribution is -3.15. The third-order valence-corrected chi connectivity index (χ3v) is 7.92. The van der Waals surface area contributed by atoms with Crippen molar-refractivity contribution in [1.82, 2.24) is 9.55 Å². The third-order valence-electron chi connectivity index (χ3n) is 5.58. The van der Waals surface area contributed by atoms with Crippen LogP contribution < -0.4 is 10.5 Å². The van der Waals surface area contributed by atoms with Crippen molar-refractivity contribution in [2.75, 3.05) is 32.0 Å². The molecule has 1 N–H and O–H groups in total. The number of aromatic nitrogens is 2. The lowest BCUT2D eigenvalue weighted by Gasteiger charge is -2.31. The highest BCUT2D eigenvalue weighted by Gasteiger charge is 2.26. The number of aryl methyl sites for hydroxylation is 2. The van der Waals surface area contributed by atoms with Gasteiger partial charge in [0, 0.05) is 23.6 Å². The summed E-state index contributed by atoms with van der Waals surface area (Å²) in [5.41, 5.74) is 1.40. The van der Waals surface area contributed by atoms with Crippen LogP contribution in [-0.2, 0) is 24.6 Å². The smallest absolute Gasteiger partial charge is 0.262 e. The number of fused-ring (bicyclic) bond motifs is 3. The first-order chi connectivity index (χ1) is 13.0. The molecular formula is C20H30N3O2S2+. The average molecular weight is 409 g/mol. The maximum atomic E-state index is 13.0. The summed E-state index contributed by atoms with van der Waals surface area (Å²) in [6, 6.07) is 0. The fraction of sp³-hybridized carbons (Fsp3) is 0.700.